The van der Waals surface area contributed by atoms with Crippen molar-refractivity contribution in [1.82, 2.24) is 0 Å². The lowest BCUT2D eigenvalue weighted by Gasteiger charge is -2.10. The first-order valence-corrected chi connectivity index (χ1v) is 7.85. The van der Waals surface area contributed by atoms with Crippen LogP contribution in [0.5, 0.6) is 5.75 Å². The Labute approximate surface area is 142 Å². The summed E-state index contributed by atoms with van der Waals surface area (Å²) in [5.41, 5.74) is 2.41. The Morgan fingerprint density at radius 1 is 0.875 bits per heavy atom. The number of benzene rings is 2. The third kappa shape index (κ3) is 5.76. The highest BCUT2D eigenvalue weighted by Gasteiger charge is 2.10. The number of hydrogen-bond donors (Lipinski definition) is 2. The van der Waals surface area contributed by atoms with Crippen molar-refractivity contribution in [2.75, 3.05) is 10.6 Å². The van der Waals surface area contributed by atoms with Crippen LogP contribution in [0.4, 0.5) is 11.4 Å². The second-order valence-electron chi connectivity index (χ2n) is 5.83. The molecule has 126 valence electrons. The zero-order valence-electron chi connectivity index (χ0n) is 14.1. The van der Waals surface area contributed by atoms with E-state index in [9.17, 15) is 9.59 Å². The SMILES string of the molecule is Cc1ccc(NC(=O)CC(=O)Nc2ccc(OC(C)C)cc2)cc1. The van der Waals surface area contributed by atoms with Crippen LogP contribution >= 0.6 is 0 Å². The fourth-order valence-corrected chi connectivity index (χ4v) is 2.08. The minimum Gasteiger partial charge on any atom is -0.491 e. The molecule has 0 bridgehead atoms. The van der Waals surface area contributed by atoms with Crippen molar-refractivity contribution in [3.05, 3.63) is 54.1 Å². The van der Waals surface area contributed by atoms with E-state index in [1.807, 2.05) is 32.9 Å². The summed E-state index contributed by atoms with van der Waals surface area (Å²) in [4.78, 5) is 23.8. The van der Waals surface area contributed by atoms with E-state index >= 15 is 0 Å². The molecule has 0 atom stereocenters. The lowest BCUT2D eigenvalue weighted by atomic mass is 10.2. The molecule has 2 rings (SSSR count). The van der Waals surface area contributed by atoms with Gasteiger partial charge in [0, 0.05) is 11.4 Å². The van der Waals surface area contributed by atoms with Crippen molar-refractivity contribution in [3.63, 3.8) is 0 Å². The topological polar surface area (TPSA) is 67.4 Å². The number of ether oxygens (including phenoxy) is 1. The van der Waals surface area contributed by atoms with Crippen LogP contribution in [0.1, 0.15) is 25.8 Å². The highest BCUT2D eigenvalue weighted by molar-refractivity contribution is 6.08. The Hall–Kier alpha value is -2.82. The Morgan fingerprint density at radius 2 is 1.33 bits per heavy atom. The molecule has 2 aromatic carbocycles. The van der Waals surface area contributed by atoms with Crippen molar-refractivity contribution in [2.24, 2.45) is 0 Å². The van der Waals surface area contributed by atoms with Gasteiger partial charge in [0.05, 0.1) is 6.10 Å². The van der Waals surface area contributed by atoms with E-state index in [-0.39, 0.29) is 24.3 Å². The molecule has 2 N–H and O–H groups in total. The minimum atomic E-state index is -0.364. The first kappa shape index (κ1) is 17.5. The van der Waals surface area contributed by atoms with Crippen LogP contribution in [0.25, 0.3) is 0 Å². The lowest BCUT2D eigenvalue weighted by Crippen LogP contribution is -2.21. The third-order valence-electron chi connectivity index (χ3n) is 3.17. The first-order chi connectivity index (χ1) is 11.4. The Morgan fingerprint density at radius 3 is 1.79 bits per heavy atom. The number of hydrogen-bond acceptors (Lipinski definition) is 3. The van der Waals surface area contributed by atoms with Gasteiger partial charge in [0.15, 0.2) is 0 Å². The van der Waals surface area contributed by atoms with E-state index in [1.165, 1.54) is 0 Å². The number of carbonyl (C=O) groups is 2. The zero-order valence-corrected chi connectivity index (χ0v) is 14.1. The molecule has 0 heterocycles. The fourth-order valence-electron chi connectivity index (χ4n) is 2.08. The predicted octanol–water partition coefficient (Wildman–Crippen LogP) is 3.75. The predicted molar refractivity (Wildman–Crippen MR) is 95.3 cm³/mol. The van der Waals surface area contributed by atoms with Crippen molar-refractivity contribution in [3.8, 4) is 5.75 Å². The fraction of sp³-hybridized carbons (Fsp3) is 0.263. The summed E-state index contributed by atoms with van der Waals surface area (Å²) < 4.78 is 5.54. The Bertz CT molecular complexity index is 692. The van der Waals surface area contributed by atoms with Crippen LogP contribution in [0, 0.1) is 6.92 Å². The average molecular weight is 326 g/mol. The maximum atomic E-state index is 11.9. The average Bonchev–Trinajstić information content (AvgIpc) is 2.51. The zero-order chi connectivity index (χ0) is 17.5. The number of carbonyl (C=O) groups excluding carboxylic acids is 2. The van der Waals surface area contributed by atoms with E-state index < -0.39 is 0 Å². The number of nitrogens with one attached hydrogen (secondary N) is 2. The van der Waals surface area contributed by atoms with E-state index in [0.717, 1.165) is 11.3 Å². The standard InChI is InChI=1S/C19H22N2O3/c1-13(2)24-17-10-8-16(9-11-17)21-19(23)12-18(22)20-15-6-4-14(3)5-7-15/h4-11,13H,12H2,1-3H3,(H,20,22)(H,21,23). The normalized spacial score (nSPS) is 10.3. The molecule has 24 heavy (non-hydrogen) atoms. The van der Waals surface area contributed by atoms with Gasteiger partial charge in [0.25, 0.3) is 0 Å². The molecule has 0 aliphatic rings. The van der Waals surface area contributed by atoms with E-state index in [2.05, 4.69) is 10.6 Å². The van der Waals surface area contributed by atoms with Crippen LogP contribution in [-0.4, -0.2) is 17.9 Å². The molecule has 0 unspecified atom stereocenters. The maximum Gasteiger partial charge on any atom is 0.233 e. The third-order valence-corrected chi connectivity index (χ3v) is 3.17. The van der Waals surface area contributed by atoms with Gasteiger partial charge in [-0.3, -0.25) is 9.59 Å². The largest absolute Gasteiger partial charge is 0.491 e. The van der Waals surface area contributed by atoms with E-state index in [0.29, 0.717) is 11.4 Å². The molecule has 0 spiro atoms. The maximum absolute atomic E-state index is 11.9. The lowest BCUT2D eigenvalue weighted by molar-refractivity contribution is -0.123. The molecule has 0 aliphatic carbocycles. The van der Waals surface area contributed by atoms with Crippen LogP contribution < -0.4 is 15.4 Å². The summed E-state index contributed by atoms with van der Waals surface area (Å²) in [5, 5.41) is 5.39. The van der Waals surface area contributed by atoms with Crippen molar-refractivity contribution in [2.45, 2.75) is 33.3 Å². The van der Waals surface area contributed by atoms with Gasteiger partial charge in [-0.1, -0.05) is 17.7 Å². The molecule has 0 saturated carbocycles. The first-order valence-electron chi connectivity index (χ1n) is 7.85. The Balaban J connectivity index is 1.83. The minimum absolute atomic E-state index is 0.0934. The molecule has 2 amide bonds. The number of anilines is 2. The van der Waals surface area contributed by atoms with Crippen LogP contribution in [0.2, 0.25) is 0 Å². The molecule has 0 aromatic heterocycles. The Kier molecular flexibility index (Phi) is 5.95. The molecule has 5 nitrogen and oxygen atoms in total. The summed E-state index contributed by atoms with van der Waals surface area (Å²) in [6, 6.07) is 14.5. The van der Waals surface area contributed by atoms with Crippen LogP contribution in [0.15, 0.2) is 48.5 Å². The smallest absolute Gasteiger partial charge is 0.233 e. The van der Waals surface area contributed by atoms with Crippen LogP contribution in [-0.2, 0) is 9.59 Å². The monoisotopic (exact) mass is 326 g/mol. The van der Waals surface area contributed by atoms with Gasteiger partial charge in [-0.05, 0) is 57.2 Å². The van der Waals surface area contributed by atoms with Crippen molar-refractivity contribution < 1.29 is 14.3 Å². The number of aryl methyl sites for hydroxylation is 1. The summed E-state index contributed by atoms with van der Waals surface area (Å²) in [6.07, 6.45) is -0.145. The van der Waals surface area contributed by atoms with Gasteiger partial charge in [-0.25, -0.2) is 0 Å². The summed E-state index contributed by atoms with van der Waals surface area (Å²) in [5.74, 6) is 0.0216. The highest BCUT2D eigenvalue weighted by Crippen LogP contribution is 2.17. The molecule has 5 heteroatoms. The molecule has 2 aromatic rings. The van der Waals surface area contributed by atoms with Gasteiger partial charge in [0.2, 0.25) is 11.8 Å². The van der Waals surface area contributed by atoms with Gasteiger partial charge < -0.3 is 15.4 Å². The molecule has 0 aliphatic heterocycles. The van der Waals surface area contributed by atoms with Gasteiger partial charge in [-0.15, -0.1) is 0 Å². The van der Waals surface area contributed by atoms with Crippen molar-refractivity contribution in [1.29, 1.82) is 0 Å². The molecular formula is C19H22N2O3. The summed E-state index contributed by atoms with van der Waals surface area (Å²) in [7, 11) is 0. The van der Waals surface area contributed by atoms with Crippen LogP contribution in [0.3, 0.4) is 0 Å². The van der Waals surface area contributed by atoms with E-state index in [1.54, 1.807) is 36.4 Å². The van der Waals surface area contributed by atoms with E-state index in [4.69, 9.17) is 4.74 Å². The molecule has 0 radical (unpaired) electrons. The second kappa shape index (κ2) is 8.15. The summed E-state index contributed by atoms with van der Waals surface area (Å²) in [6.45, 7) is 5.86. The summed E-state index contributed by atoms with van der Waals surface area (Å²) >= 11 is 0. The van der Waals surface area contributed by atoms with Gasteiger partial charge in [0.1, 0.15) is 12.2 Å². The van der Waals surface area contributed by atoms with Crippen molar-refractivity contribution >= 4 is 23.2 Å². The number of rotatable bonds is 6. The van der Waals surface area contributed by atoms with Gasteiger partial charge >= 0.3 is 0 Å². The molecule has 0 saturated heterocycles. The quantitative estimate of drug-likeness (QED) is 0.795. The second-order valence-corrected chi connectivity index (χ2v) is 5.83. The number of amides is 2. The highest BCUT2D eigenvalue weighted by atomic mass is 16.5. The van der Waals surface area contributed by atoms with Gasteiger partial charge in [-0.2, -0.15) is 0 Å². The molecular weight excluding hydrogens is 304 g/mol. The molecule has 0 fully saturated rings.